The van der Waals surface area contributed by atoms with Crippen LogP contribution in [-0.4, -0.2) is 44.8 Å². The van der Waals surface area contributed by atoms with Crippen LogP contribution in [0.2, 0.25) is 0 Å². The number of hydrogen-bond donors (Lipinski definition) is 2. The molecule has 3 N–H and O–H groups in total. The highest BCUT2D eigenvalue weighted by Crippen LogP contribution is 2.32. The van der Waals surface area contributed by atoms with E-state index in [0.717, 1.165) is 45.1 Å². The second-order valence-electron chi connectivity index (χ2n) is 8.17. The number of nitrogens with one attached hydrogen (secondary N) is 1. The predicted molar refractivity (Wildman–Crippen MR) is 111 cm³/mol. The molecule has 0 bridgehead atoms. The number of piperidine rings is 1. The number of likely N-dealkylation sites (tertiary alicyclic amines) is 1. The van der Waals surface area contributed by atoms with Crippen LogP contribution >= 0.6 is 0 Å². The molecule has 2 heterocycles. The lowest BCUT2D eigenvalue weighted by Crippen LogP contribution is -2.44. The van der Waals surface area contributed by atoms with Crippen LogP contribution in [-0.2, 0) is 15.0 Å². The van der Waals surface area contributed by atoms with Crippen molar-refractivity contribution in [2.24, 2.45) is 22.0 Å². The molecule has 1 amide bonds. The Labute approximate surface area is 171 Å². The van der Waals surface area contributed by atoms with Crippen LogP contribution in [0.15, 0.2) is 22.6 Å². The minimum absolute atomic E-state index is 0.0768. The molecule has 9 heteroatoms. The van der Waals surface area contributed by atoms with Crippen molar-refractivity contribution in [1.29, 1.82) is 0 Å². The molecule has 1 aromatic carbocycles. The Hall–Kier alpha value is -2.29. The van der Waals surface area contributed by atoms with Gasteiger partial charge in [0.25, 0.3) is 0 Å². The first-order chi connectivity index (χ1) is 13.9. The monoisotopic (exact) mass is 420 g/mol. The molecular weight excluding hydrogens is 392 g/mol. The number of nitrogens with two attached hydrogens (primary N) is 1. The first-order valence-electron chi connectivity index (χ1n) is 10.4. The maximum absolute atomic E-state index is 12.9. The molecule has 4 rings (SSSR count). The molecule has 3 aliphatic rings. The summed E-state index contributed by atoms with van der Waals surface area (Å²) in [7, 11) is -3.81. The Balaban J connectivity index is 1.40. The molecule has 0 unspecified atom stereocenters. The van der Waals surface area contributed by atoms with Crippen molar-refractivity contribution < 1.29 is 17.9 Å². The highest BCUT2D eigenvalue weighted by atomic mass is 32.2. The van der Waals surface area contributed by atoms with Crippen molar-refractivity contribution in [3.8, 4) is 5.75 Å². The Morgan fingerprint density at radius 2 is 2.00 bits per heavy atom. The zero-order valence-corrected chi connectivity index (χ0v) is 17.3. The molecule has 1 aromatic rings. The summed E-state index contributed by atoms with van der Waals surface area (Å²) in [4.78, 5) is 14.9. The number of ether oxygens (including phenoxy) is 1. The molecule has 1 atom stereocenters. The normalized spacial score (nSPS) is 24.2. The van der Waals surface area contributed by atoms with E-state index in [4.69, 9.17) is 10.5 Å². The van der Waals surface area contributed by atoms with Crippen molar-refractivity contribution in [2.75, 3.05) is 24.4 Å². The van der Waals surface area contributed by atoms with Crippen LogP contribution in [0.4, 0.5) is 5.69 Å². The predicted octanol–water partition coefficient (Wildman–Crippen LogP) is 2.26. The van der Waals surface area contributed by atoms with Crippen LogP contribution in [0, 0.1) is 11.8 Å². The minimum atomic E-state index is -3.81. The maximum atomic E-state index is 12.9. The van der Waals surface area contributed by atoms with Gasteiger partial charge < -0.3 is 15.4 Å². The van der Waals surface area contributed by atoms with Crippen LogP contribution in [0.5, 0.6) is 5.75 Å². The van der Waals surface area contributed by atoms with E-state index in [1.807, 2.05) is 4.90 Å². The highest BCUT2D eigenvalue weighted by Gasteiger charge is 2.30. The fraction of sp³-hybridized carbons (Fsp3) is 0.600. The average molecular weight is 421 g/mol. The molecule has 0 aromatic heterocycles. The lowest BCUT2D eigenvalue weighted by atomic mass is 9.87. The van der Waals surface area contributed by atoms with Crippen LogP contribution in [0.3, 0.4) is 0 Å². The van der Waals surface area contributed by atoms with Gasteiger partial charge in [0.05, 0.1) is 17.9 Å². The van der Waals surface area contributed by atoms with Crippen LogP contribution in [0.1, 0.15) is 50.5 Å². The number of fused-ring (bicyclic) bond motifs is 1. The standard InChI is InChI=1S/C20H28N4O4S/c21-19-18-16(22-29(26,27)23-19)9-4-10-17(18)28-13-14-6-5-11-24(12-14)20(25)15-7-2-1-3-8-15/h4,9-10,14-15,22H,1-3,5-8,11-13H2,(H2,21,23)/t14-/m0/s1. The van der Waals surface area contributed by atoms with E-state index in [1.54, 1.807) is 18.2 Å². The van der Waals surface area contributed by atoms with Gasteiger partial charge in [-0.1, -0.05) is 25.3 Å². The second-order valence-corrected chi connectivity index (χ2v) is 9.51. The summed E-state index contributed by atoms with van der Waals surface area (Å²) in [6.45, 7) is 1.99. The van der Waals surface area contributed by atoms with E-state index < -0.39 is 10.2 Å². The third-order valence-electron chi connectivity index (χ3n) is 6.00. The van der Waals surface area contributed by atoms with Crippen molar-refractivity contribution in [2.45, 2.75) is 44.9 Å². The van der Waals surface area contributed by atoms with Gasteiger partial charge in [0.2, 0.25) is 5.91 Å². The van der Waals surface area contributed by atoms with E-state index in [0.29, 0.717) is 36.1 Å². The number of nitrogens with zero attached hydrogens (tertiary/aromatic N) is 2. The van der Waals surface area contributed by atoms with Gasteiger partial charge in [-0.2, -0.15) is 8.42 Å². The SMILES string of the molecule is NC1=NS(=O)(=O)Nc2cccc(OC[C@H]3CCCN(C(=O)C4CCCCC4)C3)c21. The topological polar surface area (TPSA) is 114 Å². The Kier molecular flexibility index (Phi) is 5.67. The number of amides is 1. The van der Waals surface area contributed by atoms with Gasteiger partial charge in [-0.25, -0.2) is 0 Å². The number of rotatable bonds is 4. The summed E-state index contributed by atoms with van der Waals surface area (Å²) in [6, 6.07) is 5.11. The lowest BCUT2D eigenvalue weighted by molar-refractivity contribution is -0.138. The van der Waals surface area contributed by atoms with E-state index in [1.165, 1.54) is 6.42 Å². The molecule has 1 saturated carbocycles. The molecule has 0 spiro atoms. The number of anilines is 1. The number of amidine groups is 1. The molecule has 8 nitrogen and oxygen atoms in total. The van der Waals surface area contributed by atoms with Crippen LogP contribution in [0.25, 0.3) is 0 Å². The molecule has 2 aliphatic heterocycles. The smallest absolute Gasteiger partial charge is 0.344 e. The van der Waals surface area contributed by atoms with E-state index in [2.05, 4.69) is 9.12 Å². The van der Waals surface area contributed by atoms with Gasteiger partial charge in [-0.3, -0.25) is 9.52 Å². The van der Waals surface area contributed by atoms with E-state index in [-0.39, 0.29) is 17.7 Å². The average Bonchev–Trinajstić information content (AvgIpc) is 2.71. The summed E-state index contributed by atoms with van der Waals surface area (Å²) in [5, 5.41) is 0. The Morgan fingerprint density at radius 3 is 2.79 bits per heavy atom. The zero-order valence-electron chi connectivity index (χ0n) is 16.5. The largest absolute Gasteiger partial charge is 0.492 e. The van der Waals surface area contributed by atoms with E-state index >= 15 is 0 Å². The first-order valence-corrected chi connectivity index (χ1v) is 11.8. The summed E-state index contributed by atoms with van der Waals surface area (Å²) in [5.74, 6) is 1.16. The number of hydrogen-bond acceptors (Lipinski definition) is 5. The lowest BCUT2D eigenvalue weighted by Gasteiger charge is -2.36. The molecule has 2 fully saturated rings. The number of carbonyl (C=O) groups excluding carboxylic acids is 1. The molecule has 1 saturated heterocycles. The summed E-state index contributed by atoms with van der Waals surface area (Å²) in [6.07, 6.45) is 7.56. The zero-order chi connectivity index (χ0) is 20.4. The van der Waals surface area contributed by atoms with Gasteiger partial charge in [0.15, 0.2) is 5.84 Å². The summed E-state index contributed by atoms with van der Waals surface area (Å²) >= 11 is 0. The second kappa shape index (κ2) is 8.22. The third-order valence-corrected chi connectivity index (χ3v) is 6.91. The fourth-order valence-electron chi connectivity index (χ4n) is 4.55. The van der Waals surface area contributed by atoms with Crippen molar-refractivity contribution in [3.63, 3.8) is 0 Å². The number of carbonyl (C=O) groups is 1. The van der Waals surface area contributed by atoms with Crippen LogP contribution < -0.4 is 15.2 Å². The highest BCUT2D eigenvalue weighted by molar-refractivity contribution is 7.91. The quantitative estimate of drug-likeness (QED) is 0.775. The summed E-state index contributed by atoms with van der Waals surface area (Å²) < 4.78 is 35.3. The third kappa shape index (κ3) is 4.49. The van der Waals surface area contributed by atoms with Gasteiger partial charge in [0, 0.05) is 24.9 Å². The maximum Gasteiger partial charge on any atom is 0.344 e. The Morgan fingerprint density at radius 1 is 1.21 bits per heavy atom. The molecule has 158 valence electrons. The van der Waals surface area contributed by atoms with Gasteiger partial charge in [-0.15, -0.1) is 4.40 Å². The van der Waals surface area contributed by atoms with Gasteiger partial charge in [0.1, 0.15) is 5.75 Å². The summed E-state index contributed by atoms with van der Waals surface area (Å²) in [5.41, 5.74) is 6.71. The fourth-order valence-corrected chi connectivity index (χ4v) is 5.40. The minimum Gasteiger partial charge on any atom is -0.492 e. The first kappa shape index (κ1) is 20.0. The van der Waals surface area contributed by atoms with Crippen molar-refractivity contribution in [3.05, 3.63) is 23.8 Å². The van der Waals surface area contributed by atoms with Crippen molar-refractivity contribution in [1.82, 2.24) is 4.90 Å². The molecule has 0 radical (unpaired) electrons. The number of benzene rings is 1. The van der Waals surface area contributed by atoms with E-state index in [9.17, 15) is 13.2 Å². The Bertz CT molecular complexity index is 909. The van der Waals surface area contributed by atoms with Gasteiger partial charge >= 0.3 is 10.2 Å². The molecule has 29 heavy (non-hydrogen) atoms. The molecular formula is C20H28N4O4S. The van der Waals surface area contributed by atoms with Crippen molar-refractivity contribution >= 4 is 27.6 Å². The van der Waals surface area contributed by atoms with Gasteiger partial charge in [-0.05, 0) is 37.8 Å². The molecule has 1 aliphatic carbocycles.